The number of allylic oxidation sites excluding steroid dienone is 20. The Kier molecular flexibility index (Phi) is 52.1. The van der Waals surface area contributed by atoms with Crippen LogP contribution in [0.25, 0.3) is 0 Å². The van der Waals surface area contributed by atoms with Crippen LogP contribution in [0.2, 0.25) is 0 Å². The van der Waals surface area contributed by atoms with Crippen molar-refractivity contribution < 1.29 is 52.2 Å². The molecular formula is C62H101O11P. The van der Waals surface area contributed by atoms with E-state index in [1.165, 1.54) is 44.9 Å². The molecule has 0 spiro atoms. The molecule has 420 valence electrons. The van der Waals surface area contributed by atoms with Crippen molar-refractivity contribution in [3.8, 4) is 0 Å². The van der Waals surface area contributed by atoms with E-state index >= 15 is 0 Å². The van der Waals surface area contributed by atoms with Gasteiger partial charge in [-0.25, -0.2) is 4.57 Å². The summed E-state index contributed by atoms with van der Waals surface area (Å²) >= 11 is 0. The van der Waals surface area contributed by atoms with Crippen LogP contribution >= 0.6 is 7.82 Å². The van der Waals surface area contributed by atoms with Gasteiger partial charge in [-0.05, 0) is 96.3 Å². The van der Waals surface area contributed by atoms with Crippen molar-refractivity contribution in [2.75, 3.05) is 26.4 Å². The van der Waals surface area contributed by atoms with E-state index in [1.807, 2.05) is 12.2 Å². The number of ether oxygens (including phenoxy) is 3. The number of aliphatic hydroxyl groups excluding tert-OH is 1. The van der Waals surface area contributed by atoms with Gasteiger partial charge in [0.1, 0.15) is 12.7 Å². The summed E-state index contributed by atoms with van der Waals surface area (Å²) in [5.41, 5.74) is 0. The Hall–Kier alpha value is -4.12. The van der Waals surface area contributed by atoms with E-state index in [0.717, 1.165) is 103 Å². The van der Waals surface area contributed by atoms with Crippen molar-refractivity contribution in [1.82, 2.24) is 0 Å². The Morgan fingerprint density at radius 3 is 1.16 bits per heavy atom. The van der Waals surface area contributed by atoms with Gasteiger partial charge in [0.05, 0.1) is 19.8 Å². The summed E-state index contributed by atoms with van der Waals surface area (Å²) < 4.78 is 39.4. The molecule has 0 aliphatic rings. The summed E-state index contributed by atoms with van der Waals surface area (Å²) in [6, 6.07) is 0. The third kappa shape index (κ3) is 52.7. The van der Waals surface area contributed by atoms with Crippen LogP contribution in [-0.4, -0.2) is 66.5 Å². The maximum atomic E-state index is 12.9. The van der Waals surface area contributed by atoms with Gasteiger partial charge in [0.25, 0.3) is 0 Å². The number of esters is 3. The molecule has 0 aromatic rings. The Balaban J connectivity index is 4.83. The molecule has 11 nitrogen and oxygen atoms in total. The first kappa shape index (κ1) is 69.9. The normalized spacial score (nSPS) is 14.3. The van der Waals surface area contributed by atoms with Crippen LogP contribution in [0.3, 0.4) is 0 Å². The first-order valence-corrected chi connectivity index (χ1v) is 29.9. The average Bonchev–Trinajstić information content (AvgIpc) is 3.39. The Morgan fingerprint density at radius 1 is 0.392 bits per heavy atom. The fourth-order valence-electron chi connectivity index (χ4n) is 7.14. The number of hydrogen-bond acceptors (Lipinski definition) is 10. The minimum absolute atomic E-state index is 0.0359. The van der Waals surface area contributed by atoms with Crippen LogP contribution in [0.1, 0.15) is 213 Å². The average molecular weight is 1050 g/mol. The minimum Gasteiger partial charge on any atom is -0.462 e. The monoisotopic (exact) mass is 1050 g/mol. The molecule has 2 N–H and O–H groups in total. The highest BCUT2D eigenvalue weighted by atomic mass is 31.2. The van der Waals surface area contributed by atoms with E-state index in [9.17, 15) is 28.9 Å². The van der Waals surface area contributed by atoms with Gasteiger partial charge in [-0.1, -0.05) is 219 Å². The van der Waals surface area contributed by atoms with E-state index in [4.69, 9.17) is 23.3 Å². The second-order valence-corrected chi connectivity index (χ2v) is 19.8. The van der Waals surface area contributed by atoms with Gasteiger partial charge in [-0.3, -0.25) is 23.4 Å². The largest absolute Gasteiger partial charge is 0.472 e. The van der Waals surface area contributed by atoms with Crippen molar-refractivity contribution in [2.24, 2.45) is 0 Å². The lowest BCUT2D eigenvalue weighted by Crippen LogP contribution is -2.30. The fraction of sp³-hybridized carbons (Fsp3) is 0.629. The zero-order chi connectivity index (χ0) is 54.1. The third-order valence-corrected chi connectivity index (χ3v) is 12.3. The third-order valence-electron chi connectivity index (χ3n) is 11.4. The molecule has 0 aromatic heterocycles. The van der Waals surface area contributed by atoms with Crippen LogP contribution in [-0.2, 0) is 42.2 Å². The summed E-state index contributed by atoms with van der Waals surface area (Å²) in [7, 11) is -4.78. The van der Waals surface area contributed by atoms with Crippen molar-refractivity contribution >= 4 is 25.7 Å². The van der Waals surface area contributed by atoms with Crippen LogP contribution < -0.4 is 0 Å². The van der Waals surface area contributed by atoms with Crippen LogP contribution in [0.5, 0.6) is 0 Å². The van der Waals surface area contributed by atoms with Gasteiger partial charge in [0.15, 0.2) is 6.10 Å². The SMILES string of the molecule is CC/C=C\C/C=C\C/C=C\C/C=C\C/C=C\C/C=C\CCC(=O)OC(COC(=O)CCCCCCCCCCCCC)COP(=O)(O)OCC(CO)OC(=O)CCCCCC/C=C\C/C=C\C/C=C\C/C=C\CC. The zero-order valence-corrected chi connectivity index (χ0v) is 47.2. The molecular weight excluding hydrogens is 952 g/mol. The van der Waals surface area contributed by atoms with Crippen LogP contribution in [0.4, 0.5) is 0 Å². The number of hydrogen-bond donors (Lipinski definition) is 2. The first-order valence-electron chi connectivity index (χ1n) is 28.4. The second kappa shape index (κ2) is 55.1. The van der Waals surface area contributed by atoms with Crippen molar-refractivity contribution in [3.05, 3.63) is 122 Å². The lowest BCUT2D eigenvalue weighted by Gasteiger charge is -2.21. The molecule has 0 amide bonds. The number of aliphatic hydroxyl groups is 1. The molecule has 0 aliphatic carbocycles. The Morgan fingerprint density at radius 2 is 0.730 bits per heavy atom. The molecule has 0 saturated carbocycles. The van der Waals surface area contributed by atoms with Gasteiger partial charge in [-0.15, -0.1) is 0 Å². The lowest BCUT2D eigenvalue weighted by atomic mass is 10.1. The molecule has 0 saturated heterocycles. The van der Waals surface area contributed by atoms with Gasteiger partial charge in [0.2, 0.25) is 0 Å². The molecule has 0 aromatic carbocycles. The molecule has 0 rings (SSSR count). The van der Waals surface area contributed by atoms with E-state index < -0.39 is 57.8 Å². The summed E-state index contributed by atoms with van der Waals surface area (Å²) in [6.45, 7) is 4.28. The highest BCUT2D eigenvalue weighted by molar-refractivity contribution is 7.47. The Bertz CT molecular complexity index is 1700. The second-order valence-electron chi connectivity index (χ2n) is 18.3. The molecule has 0 radical (unpaired) electrons. The molecule has 12 heteroatoms. The van der Waals surface area contributed by atoms with Crippen LogP contribution in [0.15, 0.2) is 122 Å². The van der Waals surface area contributed by atoms with Crippen molar-refractivity contribution in [3.63, 3.8) is 0 Å². The fourth-order valence-corrected chi connectivity index (χ4v) is 7.92. The number of phosphoric ester groups is 1. The maximum absolute atomic E-state index is 12.9. The van der Waals surface area contributed by atoms with Crippen molar-refractivity contribution in [1.29, 1.82) is 0 Å². The van der Waals surface area contributed by atoms with E-state index in [1.54, 1.807) is 0 Å². The first-order chi connectivity index (χ1) is 36.2. The highest BCUT2D eigenvalue weighted by Crippen LogP contribution is 2.43. The predicted molar refractivity (Wildman–Crippen MR) is 306 cm³/mol. The molecule has 0 heterocycles. The van der Waals surface area contributed by atoms with E-state index in [2.05, 4.69) is 130 Å². The highest BCUT2D eigenvalue weighted by Gasteiger charge is 2.28. The van der Waals surface area contributed by atoms with Gasteiger partial charge in [0, 0.05) is 19.3 Å². The number of unbranched alkanes of at least 4 members (excludes halogenated alkanes) is 14. The van der Waals surface area contributed by atoms with Crippen molar-refractivity contribution in [2.45, 2.75) is 226 Å². The topological polar surface area (TPSA) is 155 Å². The standard InChI is InChI=1S/C62H101O11P/c1-4-7-10-13-16-19-22-24-26-28-29-31-33-35-38-41-44-47-50-53-62(66)73-59(55-69-60(64)51-48-45-42-39-36-21-18-15-12-9-6-3)57-71-74(67,68)70-56-58(54-63)72-61(65)52-49-46-43-40-37-34-32-30-27-25-23-20-17-14-11-8-5-2/h7-8,10-11,16-17,19-20,24-27,29,31-32,34-35,38,44,47,58-59,63H,4-6,9,12-15,18,21-23,28,30,33,36-37,39-43,45-46,48-57H2,1-3H3,(H,67,68)/b10-7-,11-8-,19-16-,20-17-,26-24-,27-25-,31-29-,34-32-,38-35-,47-44-. The molecule has 0 aliphatic heterocycles. The number of rotatable bonds is 51. The minimum atomic E-state index is -4.78. The van der Waals surface area contributed by atoms with Gasteiger partial charge in [-0.2, -0.15) is 0 Å². The summed E-state index contributed by atoms with van der Waals surface area (Å²) in [4.78, 5) is 48.4. The molecule has 0 bridgehead atoms. The molecule has 0 fully saturated rings. The zero-order valence-electron chi connectivity index (χ0n) is 46.3. The number of phosphoric acid groups is 1. The summed E-state index contributed by atoms with van der Waals surface area (Å²) in [6.07, 6.45) is 67.5. The van der Waals surface area contributed by atoms with E-state index in [0.29, 0.717) is 25.7 Å². The molecule has 3 unspecified atom stereocenters. The molecule has 3 atom stereocenters. The van der Waals surface area contributed by atoms with Gasteiger partial charge >= 0.3 is 25.7 Å². The lowest BCUT2D eigenvalue weighted by molar-refractivity contribution is -0.161. The smallest absolute Gasteiger partial charge is 0.462 e. The number of carbonyl (C=O) groups is 3. The van der Waals surface area contributed by atoms with Gasteiger partial charge < -0.3 is 24.2 Å². The maximum Gasteiger partial charge on any atom is 0.472 e. The molecule has 74 heavy (non-hydrogen) atoms. The van der Waals surface area contributed by atoms with Crippen LogP contribution in [0, 0.1) is 0 Å². The predicted octanol–water partition coefficient (Wildman–Crippen LogP) is 16.8. The van der Waals surface area contributed by atoms with E-state index in [-0.39, 0.29) is 25.9 Å². The number of carbonyl (C=O) groups excluding carboxylic acids is 3. The Labute approximate surface area is 449 Å². The summed E-state index contributed by atoms with van der Waals surface area (Å²) in [5.74, 6) is -1.60. The summed E-state index contributed by atoms with van der Waals surface area (Å²) in [5, 5.41) is 9.81. The quantitative estimate of drug-likeness (QED) is 0.0197.